The van der Waals surface area contributed by atoms with Crippen molar-refractivity contribution in [2.45, 2.75) is 73.5 Å². The molecule has 0 aliphatic carbocycles. The Balaban J connectivity index is 0.00000260. The summed E-state index contributed by atoms with van der Waals surface area (Å²) in [5.41, 5.74) is 17.0. The molecule has 1 aliphatic heterocycles. The van der Waals surface area contributed by atoms with Gasteiger partial charge in [-0.2, -0.15) is 0 Å². The van der Waals surface area contributed by atoms with Gasteiger partial charge >= 0.3 is 0 Å². The van der Waals surface area contributed by atoms with E-state index in [2.05, 4.69) is 123 Å². The quantitative estimate of drug-likeness (QED) is 0.161. The first-order valence-electron chi connectivity index (χ1n) is 16.6. The maximum Gasteiger partial charge on any atom is 0.0432 e. The summed E-state index contributed by atoms with van der Waals surface area (Å²) in [4.78, 5) is 9.83. The third kappa shape index (κ3) is 8.62. The topological polar surface area (TPSA) is 19.4 Å². The van der Waals surface area contributed by atoms with Crippen LogP contribution < -0.4 is 4.90 Å². The fraction of sp³-hybridized carbons (Fsp3) is 0.310. The molecule has 0 unspecified atom stereocenters. The van der Waals surface area contributed by atoms with E-state index in [0.29, 0.717) is 6.04 Å². The Bertz CT molecular complexity index is 1800. The van der Waals surface area contributed by atoms with Crippen molar-refractivity contribution in [3.05, 3.63) is 141 Å². The van der Waals surface area contributed by atoms with Crippen molar-refractivity contribution >= 4 is 42.1 Å². The molecule has 0 N–H and O–H groups in total. The van der Waals surface area contributed by atoms with Crippen LogP contribution in [-0.2, 0) is 13.1 Å². The zero-order valence-corrected chi connectivity index (χ0v) is 31.4. The molecule has 3 nitrogen and oxygen atoms in total. The van der Waals surface area contributed by atoms with E-state index in [-0.39, 0.29) is 24.8 Å². The number of aromatic nitrogens is 1. The summed E-state index contributed by atoms with van der Waals surface area (Å²) in [6, 6.07) is 29.5. The Morgan fingerprint density at radius 1 is 0.646 bits per heavy atom. The van der Waals surface area contributed by atoms with Gasteiger partial charge in [-0.05, 0) is 152 Å². The molecular weight excluding hydrogens is 653 g/mol. The Morgan fingerprint density at radius 2 is 1.19 bits per heavy atom. The maximum absolute atomic E-state index is 6.33. The van der Waals surface area contributed by atoms with Crippen molar-refractivity contribution in [2.75, 3.05) is 18.0 Å². The summed E-state index contributed by atoms with van der Waals surface area (Å²) in [5.74, 6) is 0. The molecule has 1 saturated heterocycles. The van der Waals surface area contributed by atoms with Gasteiger partial charge in [0.2, 0.25) is 0 Å². The number of hydrogen-bond acceptors (Lipinski definition) is 3. The standard InChI is InChI=1S/C42H46ClN3.2ClH/c1-28-18-37(19-29(2)32(28)5)36-9-7-8-34(22-36)27-46(41-12-10-40(43)11-13-41)42-14-16-45(17-15-42)26-35-23-39(25-44-24-35)38-20-30(3)33(6)31(4)21-38;;/h7-13,18-25,42H,14-17,26-27H2,1-6H3;2*1H. The molecule has 0 saturated carbocycles. The molecular formula is C42H48Cl3N3. The molecule has 48 heavy (non-hydrogen) atoms. The van der Waals surface area contributed by atoms with E-state index in [1.807, 2.05) is 24.5 Å². The van der Waals surface area contributed by atoms with E-state index < -0.39 is 0 Å². The monoisotopic (exact) mass is 699 g/mol. The van der Waals surface area contributed by atoms with Crippen LogP contribution >= 0.6 is 36.4 Å². The average Bonchev–Trinajstić information content (AvgIpc) is 3.06. The molecule has 4 aromatic carbocycles. The average molecular weight is 701 g/mol. The molecule has 0 bridgehead atoms. The van der Waals surface area contributed by atoms with E-state index in [4.69, 9.17) is 11.6 Å². The van der Waals surface area contributed by atoms with E-state index in [1.54, 1.807) is 0 Å². The third-order valence-corrected chi connectivity index (χ3v) is 10.4. The molecule has 0 radical (unpaired) electrons. The second kappa shape index (κ2) is 16.4. The number of pyridine rings is 1. The van der Waals surface area contributed by atoms with Gasteiger partial charge in [0.1, 0.15) is 0 Å². The van der Waals surface area contributed by atoms with Crippen molar-refractivity contribution in [3.63, 3.8) is 0 Å². The van der Waals surface area contributed by atoms with Gasteiger partial charge in [-0.1, -0.05) is 54.1 Å². The minimum Gasteiger partial charge on any atom is -0.364 e. The van der Waals surface area contributed by atoms with Gasteiger partial charge in [0, 0.05) is 60.9 Å². The van der Waals surface area contributed by atoms with E-state index >= 15 is 0 Å². The normalized spacial score (nSPS) is 13.5. The molecule has 0 amide bonds. The van der Waals surface area contributed by atoms with Crippen LogP contribution in [0.2, 0.25) is 5.02 Å². The second-order valence-corrected chi connectivity index (χ2v) is 13.8. The Kier molecular flexibility index (Phi) is 12.8. The minimum atomic E-state index is 0. The van der Waals surface area contributed by atoms with Gasteiger partial charge in [-0.15, -0.1) is 24.8 Å². The van der Waals surface area contributed by atoms with Crippen molar-refractivity contribution in [3.8, 4) is 22.3 Å². The van der Waals surface area contributed by atoms with Gasteiger partial charge in [-0.3, -0.25) is 9.88 Å². The molecule has 2 heterocycles. The molecule has 252 valence electrons. The molecule has 5 aromatic rings. The number of rotatable bonds is 8. The van der Waals surface area contributed by atoms with Crippen LogP contribution in [0.15, 0.2) is 91.3 Å². The maximum atomic E-state index is 6.33. The molecule has 1 fully saturated rings. The number of piperidine rings is 1. The first kappa shape index (κ1) is 37.5. The lowest BCUT2D eigenvalue weighted by molar-refractivity contribution is 0.200. The third-order valence-electron chi connectivity index (χ3n) is 10.2. The largest absolute Gasteiger partial charge is 0.364 e. The highest BCUT2D eigenvalue weighted by molar-refractivity contribution is 6.30. The summed E-state index contributed by atoms with van der Waals surface area (Å²) >= 11 is 6.33. The number of halogens is 3. The highest BCUT2D eigenvalue weighted by Gasteiger charge is 2.26. The van der Waals surface area contributed by atoms with E-state index in [0.717, 1.165) is 44.0 Å². The number of nitrogens with zero attached hydrogens (tertiary/aromatic N) is 3. The molecule has 6 heteroatoms. The van der Waals surface area contributed by atoms with Gasteiger partial charge in [-0.25, -0.2) is 0 Å². The van der Waals surface area contributed by atoms with Crippen LogP contribution in [-0.4, -0.2) is 29.0 Å². The van der Waals surface area contributed by atoms with Gasteiger partial charge in [0.25, 0.3) is 0 Å². The van der Waals surface area contributed by atoms with Crippen LogP contribution in [0, 0.1) is 41.5 Å². The molecule has 0 atom stereocenters. The predicted molar refractivity (Wildman–Crippen MR) is 210 cm³/mol. The number of aryl methyl sites for hydroxylation is 4. The molecule has 0 spiro atoms. The van der Waals surface area contributed by atoms with Gasteiger partial charge in [0.15, 0.2) is 0 Å². The van der Waals surface area contributed by atoms with Crippen LogP contribution in [0.4, 0.5) is 5.69 Å². The molecule has 6 rings (SSSR count). The Labute approximate surface area is 305 Å². The SMILES string of the molecule is Cc1cc(-c2cncc(CN3CCC(N(Cc4cccc(-c5cc(C)c(C)c(C)c5)c4)c4ccc(Cl)cc4)CC3)c2)cc(C)c1C.Cl.Cl. The minimum absolute atomic E-state index is 0. The van der Waals surface area contributed by atoms with Crippen LogP contribution in [0.25, 0.3) is 22.3 Å². The summed E-state index contributed by atoms with van der Waals surface area (Å²) in [5, 5.41) is 0.775. The first-order chi connectivity index (χ1) is 22.1. The van der Waals surface area contributed by atoms with Crippen molar-refractivity contribution in [2.24, 2.45) is 0 Å². The fourth-order valence-corrected chi connectivity index (χ4v) is 7.02. The summed E-state index contributed by atoms with van der Waals surface area (Å²) in [7, 11) is 0. The Morgan fingerprint density at radius 3 is 1.77 bits per heavy atom. The lowest BCUT2D eigenvalue weighted by Crippen LogP contribution is -2.44. The summed E-state index contributed by atoms with van der Waals surface area (Å²) in [6.07, 6.45) is 6.26. The number of benzene rings is 4. The van der Waals surface area contributed by atoms with Gasteiger partial charge < -0.3 is 4.90 Å². The van der Waals surface area contributed by atoms with Crippen LogP contribution in [0.3, 0.4) is 0 Å². The highest BCUT2D eigenvalue weighted by atomic mass is 35.5. The highest BCUT2D eigenvalue weighted by Crippen LogP contribution is 2.31. The van der Waals surface area contributed by atoms with Crippen molar-refractivity contribution in [1.82, 2.24) is 9.88 Å². The number of hydrogen-bond donors (Lipinski definition) is 0. The summed E-state index contributed by atoms with van der Waals surface area (Å²) < 4.78 is 0. The fourth-order valence-electron chi connectivity index (χ4n) is 6.89. The van der Waals surface area contributed by atoms with Crippen LogP contribution in [0.1, 0.15) is 57.3 Å². The molecule has 1 aliphatic rings. The Hall–Kier alpha value is -3.34. The zero-order chi connectivity index (χ0) is 32.4. The lowest BCUT2D eigenvalue weighted by Gasteiger charge is -2.40. The van der Waals surface area contributed by atoms with Crippen molar-refractivity contribution < 1.29 is 0 Å². The lowest BCUT2D eigenvalue weighted by atomic mass is 9.95. The number of likely N-dealkylation sites (tertiary alicyclic amines) is 1. The van der Waals surface area contributed by atoms with Crippen molar-refractivity contribution in [1.29, 1.82) is 0 Å². The smallest absolute Gasteiger partial charge is 0.0432 e. The van der Waals surface area contributed by atoms with E-state index in [1.165, 1.54) is 72.4 Å². The zero-order valence-electron chi connectivity index (χ0n) is 29.0. The predicted octanol–water partition coefficient (Wildman–Crippen LogP) is 11.4. The van der Waals surface area contributed by atoms with Gasteiger partial charge in [0.05, 0.1) is 0 Å². The second-order valence-electron chi connectivity index (χ2n) is 13.4. The van der Waals surface area contributed by atoms with E-state index in [9.17, 15) is 0 Å². The molecule has 1 aromatic heterocycles. The number of anilines is 1. The van der Waals surface area contributed by atoms with Crippen LogP contribution in [0.5, 0.6) is 0 Å². The first-order valence-corrected chi connectivity index (χ1v) is 17.0. The summed E-state index contributed by atoms with van der Waals surface area (Å²) in [6.45, 7) is 17.1.